The van der Waals surface area contributed by atoms with Crippen LogP contribution in [0.4, 0.5) is 0 Å². The summed E-state index contributed by atoms with van der Waals surface area (Å²) in [5.41, 5.74) is -1.54. The van der Waals surface area contributed by atoms with Gasteiger partial charge in [-0.2, -0.15) is 5.26 Å². The average molecular weight is 281 g/mol. The van der Waals surface area contributed by atoms with Crippen molar-refractivity contribution in [2.24, 2.45) is 0 Å². The van der Waals surface area contributed by atoms with Gasteiger partial charge in [0.15, 0.2) is 0 Å². The molecule has 0 radical (unpaired) electrons. The van der Waals surface area contributed by atoms with Crippen LogP contribution in [-0.4, -0.2) is 46.7 Å². The number of hydrogen-bond donors (Lipinski definition) is 2. The molecule has 0 aliphatic heterocycles. The Morgan fingerprint density at radius 3 is 2.45 bits per heavy atom. The Morgan fingerprint density at radius 2 is 2.00 bits per heavy atom. The second-order valence-corrected chi connectivity index (χ2v) is 6.65. The van der Waals surface area contributed by atoms with Gasteiger partial charge in [0.1, 0.15) is 5.54 Å². The summed E-state index contributed by atoms with van der Waals surface area (Å²) in [6.07, 6.45) is 4.57. The van der Waals surface area contributed by atoms with E-state index in [-0.39, 0.29) is 11.9 Å². The topological polar surface area (TPSA) is 76.4 Å². The van der Waals surface area contributed by atoms with Gasteiger partial charge in [-0.15, -0.1) is 0 Å². The highest BCUT2D eigenvalue weighted by atomic mass is 16.3. The van der Waals surface area contributed by atoms with Crippen LogP contribution in [0.5, 0.6) is 0 Å². The molecule has 5 heteroatoms. The van der Waals surface area contributed by atoms with Crippen LogP contribution in [0.25, 0.3) is 0 Å². The number of carbonyl (C=O) groups excluding carboxylic acids is 1. The molecule has 1 atom stereocenters. The highest BCUT2D eigenvalue weighted by Gasteiger charge is 2.35. The third kappa shape index (κ3) is 4.77. The predicted octanol–water partition coefficient (Wildman–Crippen LogP) is 1.42. The molecule has 1 aliphatic rings. The summed E-state index contributed by atoms with van der Waals surface area (Å²) in [7, 11) is 1.81. The first-order valence-electron chi connectivity index (χ1n) is 7.35. The molecule has 0 bridgehead atoms. The number of nitrogens with one attached hydrogen (secondary N) is 1. The van der Waals surface area contributed by atoms with Gasteiger partial charge in [0.25, 0.3) is 0 Å². The molecule has 1 rings (SSSR count). The van der Waals surface area contributed by atoms with Gasteiger partial charge in [-0.25, -0.2) is 0 Å². The summed E-state index contributed by atoms with van der Waals surface area (Å²) in [5, 5.41) is 22.1. The van der Waals surface area contributed by atoms with E-state index in [0.717, 1.165) is 32.1 Å². The van der Waals surface area contributed by atoms with Gasteiger partial charge in [-0.1, -0.05) is 19.3 Å². The molecule has 1 aliphatic carbocycles. The van der Waals surface area contributed by atoms with Gasteiger partial charge >= 0.3 is 0 Å². The van der Waals surface area contributed by atoms with E-state index in [0.29, 0.717) is 6.54 Å². The van der Waals surface area contributed by atoms with Crippen molar-refractivity contribution in [2.45, 2.75) is 70.1 Å². The standard InChI is InChI=1S/C15H27N3O2/c1-12(18(4)11-14(2,3)20)13(19)17-15(10-16)8-6-5-7-9-15/h12,20H,5-9,11H2,1-4H3,(H,17,19). The number of nitrogens with zero attached hydrogens (tertiary/aromatic N) is 2. The molecular weight excluding hydrogens is 254 g/mol. The smallest absolute Gasteiger partial charge is 0.238 e. The van der Waals surface area contributed by atoms with Gasteiger partial charge in [0.05, 0.1) is 17.7 Å². The Bertz CT molecular complexity index is 376. The molecule has 20 heavy (non-hydrogen) atoms. The van der Waals surface area contributed by atoms with Crippen molar-refractivity contribution in [3.63, 3.8) is 0 Å². The van der Waals surface area contributed by atoms with Gasteiger partial charge in [0.2, 0.25) is 5.91 Å². The molecule has 0 aromatic heterocycles. The van der Waals surface area contributed by atoms with Crippen molar-refractivity contribution in [1.82, 2.24) is 10.2 Å². The van der Waals surface area contributed by atoms with Crippen LogP contribution in [-0.2, 0) is 4.79 Å². The summed E-state index contributed by atoms with van der Waals surface area (Å²) < 4.78 is 0. The molecule has 1 saturated carbocycles. The third-order valence-electron chi connectivity index (χ3n) is 3.96. The fraction of sp³-hybridized carbons (Fsp3) is 0.867. The van der Waals surface area contributed by atoms with E-state index in [1.165, 1.54) is 0 Å². The van der Waals surface area contributed by atoms with Crippen molar-refractivity contribution in [3.8, 4) is 6.07 Å². The summed E-state index contributed by atoms with van der Waals surface area (Å²) in [4.78, 5) is 14.1. The molecule has 0 aromatic carbocycles. The van der Waals surface area contributed by atoms with Crippen LogP contribution >= 0.6 is 0 Å². The fourth-order valence-corrected chi connectivity index (χ4v) is 2.71. The quantitative estimate of drug-likeness (QED) is 0.799. The second-order valence-electron chi connectivity index (χ2n) is 6.65. The summed E-state index contributed by atoms with van der Waals surface area (Å²) in [5.74, 6) is -0.139. The summed E-state index contributed by atoms with van der Waals surface area (Å²) >= 11 is 0. The van der Waals surface area contributed by atoms with E-state index < -0.39 is 11.1 Å². The van der Waals surface area contributed by atoms with Gasteiger partial charge in [-0.05, 0) is 40.7 Å². The maximum Gasteiger partial charge on any atom is 0.238 e. The lowest BCUT2D eigenvalue weighted by molar-refractivity contribution is -0.128. The minimum Gasteiger partial charge on any atom is -0.389 e. The van der Waals surface area contributed by atoms with Crippen LogP contribution in [0.15, 0.2) is 0 Å². The molecule has 1 unspecified atom stereocenters. The van der Waals surface area contributed by atoms with Crippen LogP contribution in [0.2, 0.25) is 0 Å². The lowest BCUT2D eigenvalue weighted by Gasteiger charge is -2.35. The average Bonchev–Trinajstić information content (AvgIpc) is 2.36. The molecule has 2 N–H and O–H groups in total. The van der Waals surface area contributed by atoms with Crippen molar-refractivity contribution < 1.29 is 9.90 Å². The minimum absolute atomic E-state index is 0.139. The summed E-state index contributed by atoms with van der Waals surface area (Å²) in [6, 6.07) is 1.92. The lowest BCUT2D eigenvalue weighted by atomic mass is 9.82. The SMILES string of the molecule is CC(C(=O)NC1(C#N)CCCCC1)N(C)CC(C)(C)O. The van der Waals surface area contributed by atoms with Crippen molar-refractivity contribution in [2.75, 3.05) is 13.6 Å². The minimum atomic E-state index is -0.846. The predicted molar refractivity (Wildman–Crippen MR) is 78.0 cm³/mol. The van der Waals surface area contributed by atoms with E-state index in [4.69, 9.17) is 0 Å². The van der Waals surface area contributed by atoms with Gasteiger partial charge in [-0.3, -0.25) is 9.69 Å². The third-order valence-corrected chi connectivity index (χ3v) is 3.96. The van der Waals surface area contributed by atoms with E-state index in [1.807, 2.05) is 11.9 Å². The Balaban J connectivity index is 2.63. The number of hydrogen-bond acceptors (Lipinski definition) is 4. The first-order valence-corrected chi connectivity index (χ1v) is 7.35. The zero-order valence-corrected chi connectivity index (χ0v) is 13.1. The molecule has 0 saturated heterocycles. The van der Waals surface area contributed by atoms with Crippen molar-refractivity contribution in [1.29, 1.82) is 5.26 Å². The number of amides is 1. The van der Waals surface area contributed by atoms with Crippen LogP contribution in [0.3, 0.4) is 0 Å². The van der Waals surface area contributed by atoms with Gasteiger partial charge < -0.3 is 10.4 Å². The van der Waals surface area contributed by atoms with Crippen molar-refractivity contribution in [3.05, 3.63) is 0 Å². The first-order chi connectivity index (χ1) is 9.19. The number of rotatable bonds is 5. The Kier molecular flexibility index (Phi) is 5.55. The number of nitriles is 1. The maximum atomic E-state index is 12.3. The van der Waals surface area contributed by atoms with E-state index in [1.54, 1.807) is 20.8 Å². The molecule has 0 heterocycles. The Hall–Kier alpha value is -1.12. The van der Waals surface area contributed by atoms with Crippen LogP contribution in [0.1, 0.15) is 52.9 Å². The molecule has 5 nitrogen and oxygen atoms in total. The number of carbonyl (C=O) groups is 1. The van der Waals surface area contributed by atoms with E-state index in [9.17, 15) is 15.2 Å². The molecule has 1 fully saturated rings. The molecular formula is C15H27N3O2. The monoisotopic (exact) mass is 281 g/mol. The molecule has 0 spiro atoms. The highest BCUT2D eigenvalue weighted by Crippen LogP contribution is 2.27. The largest absolute Gasteiger partial charge is 0.389 e. The lowest BCUT2D eigenvalue weighted by Crippen LogP contribution is -2.55. The number of aliphatic hydroxyl groups is 1. The van der Waals surface area contributed by atoms with Crippen molar-refractivity contribution >= 4 is 5.91 Å². The zero-order chi connectivity index (χ0) is 15.4. The Morgan fingerprint density at radius 1 is 1.45 bits per heavy atom. The second kappa shape index (κ2) is 6.55. The maximum absolute atomic E-state index is 12.3. The summed E-state index contributed by atoms with van der Waals surface area (Å²) in [6.45, 7) is 5.63. The molecule has 0 aromatic rings. The van der Waals surface area contributed by atoms with Crippen LogP contribution < -0.4 is 5.32 Å². The van der Waals surface area contributed by atoms with E-state index in [2.05, 4.69) is 11.4 Å². The van der Waals surface area contributed by atoms with E-state index >= 15 is 0 Å². The molecule has 1 amide bonds. The zero-order valence-electron chi connectivity index (χ0n) is 13.1. The fourth-order valence-electron chi connectivity index (χ4n) is 2.71. The normalized spacial score (nSPS) is 20.2. The Labute approximate surface area is 122 Å². The first kappa shape index (κ1) is 16.9. The highest BCUT2D eigenvalue weighted by molar-refractivity contribution is 5.82. The number of likely N-dealkylation sites (N-methyl/N-ethyl adjacent to an activating group) is 1. The molecule has 114 valence electrons. The van der Waals surface area contributed by atoms with Crippen LogP contribution in [0, 0.1) is 11.3 Å². The van der Waals surface area contributed by atoms with Gasteiger partial charge in [0, 0.05) is 6.54 Å².